The number of fused-ring (bicyclic) bond motifs is 1. The van der Waals surface area contributed by atoms with E-state index in [9.17, 15) is 4.21 Å². The minimum atomic E-state index is -1.00. The van der Waals surface area contributed by atoms with Crippen molar-refractivity contribution in [3.8, 4) is 5.75 Å². The first-order chi connectivity index (χ1) is 9.72. The van der Waals surface area contributed by atoms with E-state index in [1.54, 1.807) is 12.1 Å². The van der Waals surface area contributed by atoms with Crippen LogP contribution in [-0.4, -0.2) is 16.6 Å². The van der Waals surface area contributed by atoms with E-state index in [0.29, 0.717) is 11.4 Å². The van der Waals surface area contributed by atoms with Gasteiger partial charge in [0.25, 0.3) is 0 Å². The smallest absolute Gasteiger partial charge is 0.122 e. The van der Waals surface area contributed by atoms with Crippen molar-refractivity contribution in [3.63, 3.8) is 0 Å². The van der Waals surface area contributed by atoms with Gasteiger partial charge in [0.1, 0.15) is 5.75 Å². The predicted octanol–water partition coefficient (Wildman–Crippen LogP) is 2.55. The Balaban J connectivity index is 1.66. The molecule has 2 N–H and O–H groups in total. The van der Waals surface area contributed by atoms with Gasteiger partial charge in [-0.3, -0.25) is 4.21 Å². The largest absolute Gasteiger partial charge is 0.493 e. The maximum atomic E-state index is 12.2. The number of benzene rings is 2. The maximum Gasteiger partial charge on any atom is 0.122 e. The summed E-state index contributed by atoms with van der Waals surface area (Å²) in [4.78, 5) is 0.800. The Morgan fingerprint density at radius 2 is 2.10 bits per heavy atom. The molecule has 0 saturated carbocycles. The van der Waals surface area contributed by atoms with Gasteiger partial charge in [-0.1, -0.05) is 18.2 Å². The summed E-state index contributed by atoms with van der Waals surface area (Å²) in [5.74, 6) is 1.61. The van der Waals surface area contributed by atoms with Crippen molar-refractivity contribution in [3.05, 3.63) is 53.6 Å². The molecule has 3 rings (SSSR count). The lowest BCUT2D eigenvalue weighted by Crippen LogP contribution is -2.02. The molecule has 3 nitrogen and oxygen atoms in total. The highest BCUT2D eigenvalue weighted by atomic mass is 32.2. The van der Waals surface area contributed by atoms with Crippen molar-refractivity contribution < 1.29 is 8.95 Å². The molecule has 20 heavy (non-hydrogen) atoms. The van der Waals surface area contributed by atoms with Crippen LogP contribution in [0.4, 0.5) is 5.69 Å². The van der Waals surface area contributed by atoms with Crippen LogP contribution in [0.3, 0.4) is 0 Å². The first-order valence-corrected chi connectivity index (χ1v) is 8.03. The highest BCUT2D eigenvalue weighted by Gasteiger charge is 2.12. The van der Waals surface area contributed by atoms with Crippen LogP contribution in [0.5, 0.6) is 5.75 Å². The Labute approximate surface area is 121 Å². The Morgan fingerprint density at radius 3 is 2.95 bits per heavy atom. The third kappa shape index (κ3) is 2.85. The zero-order valence-corrected chi connectivity index (χ0v) is 12.0. The van der Waals surface area contributed by atoms with E-state index in [-0.39, 0.29) is 0 Å². The summed E-state index contributed by atoms with van der Waals surface area (Å²) in [6.07, 6.45) is 1.77. The SMILES string of the molecule is Nc1cccc(S(=O)CCc2ccc3c(c2)CCO3)c1. The van der Waals surface area contributed by atoms with Gasteiger partial charge in [-0.05, 0) is 41.8 Å². The molecular weight excluding hydrogens is 270 g/mol. The molecule has 1 unspecified atom stereocenters. The van der Waals surface area contributed by atoms with Gasteiger partial charge in [0, 0.05) is 22.8 Å². The molecule has 4 heteroatoms. The van der Waals surface area contributed by atoms with Crippen LogP contribution in [0.1, 0.15) is 11.1 Å². The number of anilines is 1. The number of hydrogen-bond donors (Lipinski definition) is 1. The minimum Gasteiger partial charge on any atom is -0.493 e. The van der Waals surface area contributed by atoms with E-state index >= 15 is 0 Å². The van der Waals surface area contributed by atoms with Crippen LogP contribution in [0.15, 0.2) is 47.4 Å². The van der Waals surface area contributed by atoms with Gasteiger partial charge in [-0.15, -0.1) is 0 Å². The van der Waals surface area contributed by atoms with Gasteiger partial charge < -0.3 is 10.5 Å². The summed E-state index contributed by atoms with van der Waals surface area (Å²) in [6.45, 7) is 0.772. The molecule has 0 amide bonds. The summed E-state index contributed by atoms with van der Waals surface area (Å²) in [5, 5.41) is 0. The third-order valence-electron chi connectivity index (χ3n) is 3.45. The van der Waals surface area contributed by atoms with Crippen LogP contribution in [0.2, 0.25) is 0 Å². The number of ether oxygens (including phenoxy) is 1. The maximum absolute atomic E-state index is 12.2. The second kappa shape index (κ2) is 5.67. The fourth-order valence-corrected chi connectivity index (χ4v) is 3.53. The van der Waals surface area contributed by atoms with Crippen LogP contribution in [0.25, 0.3) is 0 Å². The molecule has 104 valence electrons. The number of hydrogen-bond acceptors (Lipinski definition) is 3. The summed E-state index contributed by atoms with van der Waals surface area (Å²) < 4.78 is 17.7. The monoisotopic (exact) mass is 287 g/mol. The summed E-state index contributed by atoms with van der Waals surface area (Å²) in [6, 6.07) is 13.5. The van der Waals surface area contributed by atoms with Crippen LogP contribution >= 0.6 is 0 Å². The van der Waals surface area contributed by atoms with Crippen molar-refractivity contribution in [1.29, 1.82) is 0 Å². The number of rotatable bonds is 4. The topological polar surface area (TPSA) is 52.3 Å². The highest BCUT2D eigenvalue weighted by molar-refractivity contribution is 7.85. The van der Waals surface area contributed by atoms with Gasteiger partial charge >= 0.3 is 0 Å². The molecule has 0 radical (unpaired) electrons. The Bertz CT molecular complexity index is 655. The van der Waals surface area contributed by atoms with Crippen molar-refractivity contribution in [2.24, 2.45) is 0 Å². The van der Waals surface area contributed by atoms with E-state index in [4.69, 9.17) is 10.5 Å². The van der Waals surface area contributed by atoms with Crippen molar-refractivity contribution in [2.45, 2.75) is 17.7 Å². The Morgan fingerprint density at radius 1 is 1.20 bits per heavy atom. The van der Waals surface area contributed by atoms with Crippen molar-refractivity contribution in [1.82, 2.24) is 0 Å². The molecule has 0 aromatic heterocycles. The quantitative estimate of drug-likeness (QED) is 0.879. The minimum absolute atomic E-state index is 0.614. The van der Waals surface area contributed by atoms with E-state index < -0.39 is 10.8 Å². The lowest BCUT2D eigenvalue weighted by molar-refractivity contribution is 0.357. The van der Waals surface area contributed by atoms with E-state index in [1.165, 1.54) is 11.1 Å². The first kappa shape index (κ1) is 13.2. The predicted molar refractivity (Wildman–Crippen MR) is 81.5 cm³/mol. The van der Waals surface area contributed by atoms with Crippen molar-refractivity contribution in [2.75, 3.05) is 18.1 Å². The zero-order valence-electron chi connectivity index (χ0n) is 11.2. The molecule has 1 aliphatic rings. The van der Waals surface area contributed by atoms with Gasteiger partial charge in [0.05, 0.1) is 17.4 Å². The fraction of sp³-hybridized carbons (Fsp3) is 0.250. The summed E-state index contributed by atoms with van der Waals surface area (Å²) in [5.41, 5.74) is 8.85. The molecule has 0 spiro atoms. The fourth-order valence-electron chi connectivity index (χ4n) is 2.38. The molecule has 0 aliphatic carbocycles. The summed E-state index contributed by atoms with van der Waals surface area (Å²) in [7, 11) is -1.00. The van der Waals surface area contributed by atoms with Crippen LogP contribution < -0.4 is 10.5 Å². The lowest BCUT2D eigenvalue weighted by Gasteiger charge is -2.05. The van der Waals surface area contributed by atoms with E-state index in [0.717, 1.165) is 30.1 Å². The van der Waals surface area contributed by atoms with Gasteiger partial charge in [-0.25, -0.2) is 0 Å². The van der Waals surface area contributed by atoms with Gasteiger partial charge in [0.15, 0.2) is 0 Å². The van der Waals surface area contributed by atoms with Gasteiger partial charge in [0.2, 0.25) is 0 Å². The molecule has 1 aliphatic heterocycles. The zero-order chi connectivity index (χ0) is 13.9. The normalized spacial score (nSPS) is 14.6. The number of aryl methyl sites for hydroxylation is 1. The first-order valence-electron chi connectivity index (χ1n) is 6.71. The van der Waals surface area contributed by atoms with E-state index in [2.05, 4.69) is 12.1 Å². The lowest BCUT2D eigenvalue weighted by atomic mass is 10.1. The third-order valence-corrected chi connectivity index (χ3v) is 4.81. The second-order valence-corrected chi connectivity index (χ2v) is 6.48. The average Bonchev–Trinajstić information content (AvgIpc) is 2.92. The molecule has 0 fully saturated rings. The molecule has 0 bridgehead atoms. The molecular formula is C16H17NO2S. The van der Waals surface area contributed by atoms with Gasteiger partial charge in [-0.2, -0.15) is 0 Å². The second-order valence-electron chi connectivity index (χ2n) is 4.91. The van der Waals surface area contributed by atoms with E-state index in [1.807, 2.05) is 18.2 Å². The summed E-state index contributed by atoms with van der Waals surface area (Å²) >= 11 is 0. The van der Waals surface area contributed by atoms with Crippen LogP contribution in [-0.2, 0) is 23.6 Å². The average molecular weight is 287 g/mol. The standard InChI is InChI=1S/C16H17NO2S/c17-14-2-1-3-15(11-14)20(18)9-7-12-4-5-16-13(10-12)6-8-19-16/h1-5,10-11H,6-9,17H2. The molecule has 1 heterocycles. The number of nitrogen functional groups attached to an aromatic ring is 1. The Hall–Kier alpha value is -1.81. The molecule has 2 aromatic rings. The molecule has 1 atom stereocenters. The molecule has 0 saturated heterocycles. The Kier molecular flexibility index (Phi) is 3.74. The number of nitrogens with two attached hydrogens (primary N) is 1. The molecule has 2 aromatic carbocycles. The highest BCUT2D eigenvalue weighted by Crippen LogP contribution is 2.26. The van der Waals surface area contributed by atoms with Crippen molar-refractivity contribution >= 4 is 16.5 Å². The van der Waals surface area contributed by atoms with Crippen LogP contribution in [0, 0.1) is 0 Å².